The predicted molar refractivity (Wildman–Crippen MR) is 177 cm³/mol. The van der Waals surface area contributed by atoms with Gasteiger partial charge in [0.25, 0.3) is 0 Å². The molecule has 204 valence electrons. The summed E-state index contributed by atoms with van der Waals surface area (Å²) in [5.41, 5.74) is 12.4. The summed E-state index contributed by atoms with van der Waals surface area (Å²) in [6.45, 7) is 13.8. The van der Waals surface area contributed by atoms with Crippen molar-refractivity contribution in [1.29, 1.82) is 0 Å². The number of fused-ring (bicyclic) bond motifs is 4. The van der Waals surface area contributed by atoms with Crippen molar-refractivity contribution < 1.29 is 17.9 Å². The molecule has 0 saturated heterocycles. The summed E-state index contributed by atoms with van der Waals surface area (Å²) < 4.78 is 1.41. The van der Waals surface area contributed by atoms with Crippen LogP contribution in [-0.2, 0) is 17.9 Å². The van der Waals surface area contributed by atoms with E-state index in [1.54, 1.807) is 0 Å². The fourth-order valence-electron chi connectivity index (χ4n) is 7.03. The Bertz CT molecular complexity index is 1650. The van der Waals surface area contributed by atoms with Crippen LogP contribution in [0.5, 0.6) is 0 Å². The molecule has 0 N–H and O–H groups in total. The van der Waals surface area contributed by atoms with Crippen LogP contribution < -0.4 is 13.6 Å². The van der Waals surface area contributed by atoms with Gasteiger partial charge in [-0.25, -0.2) is 0 Å². The second-order valence-electron chi connectivity index (χ2n) is 12.4. The number of hydrogen-bond acceptors (Lipinski definition) is 0. The Kier molecular flexibility index (Phi) is 7.71. The van der Waals surface area contributed by atoms with Gasteiger partial charge in [0.1, 0.15) is 0 Å². The monoisotopic (exact) mass is 658 g/mol. The molecular weight excluding hydrogens is 623 g/mol. The molecule has 0 spiro atoms. The molecule has 0 amide bonds. The average molecular weight is 661 g/mol. The third kappa shape index (κ3) is 4.59. The number of allylic oxidation sites excluding steroid dienone is 1. The van der Waals surface area contributed by atoms with Crippen molar-refractivity contribution in [3.8, 4) is 22.3 Å². The van der Waals surface area contributed by atoms with Crippen molar-refractivity contribution in [2.24, 2.45) is 5.92 Å². The molecule has 4 aromatic rings. The van der Waals surface area contributed by atoms with Crippen LogP contribution in [0.25, 0.3) is 28.3 Å². The van der Waals surface area contributed by atoms with Gasteiger partial charge in [-0.2, -0.15) is 0 Å². The number of halogens is 2. The van der Waals surface area contributed by atoms with Crippen molar-refractivity contribution in [2.75, 3.05) is 0 Å². The summed E-state index contributed by atoms with van der Waals surface area (Å²) in [4.78, 5) is 0. The molecule has 0 nitrogen and oxygen atoms in total. The molecule has 0 radical (unpaired) electrons. The zero-order chi connectivity index (χ0) is 28.3. The van der Waals surface area contributed by atoms with Gasteiger partial charge in [-0.1, -0.05) is 0 Å². The van der Waals surface area contributed by atoms with E-state index in [0.717, 1.165) is 0 Å². The quantitative estimate of drug-likeness (QED) is 0.160. The predicted octanol–water partition coefficient (Wildman–Crippen LogP) is 8.58. The van der Waals surface area contributed by atoms with Gasteiger partial charge in [-0.3, -0.25) is 0 Å². The second kappa shape index (κ2) is 10.9. The molecule has 4 heteroatoms. The van der Waals surface area contributed by atoms with E-state index in [9.17, 15) is 0 Å². The van der Waals surface area contributed by atoms with Gasteiger partial charge >= 0.3 is 256 Å². The summed E-state index contributed by atoms with van der Waals surface area (Å²) >= 11 is -4.01. The van der Waals surface area contributed by atoms with Crippen LogP contribution in [0, 0.1) is 5.92 Å². The van der Waals surface area contributed by atoms with E-state index in [2.05, 4.69) is 126 Å². The summed E-state index contributed by atoms with van der Waals surface area (Å²) in [5.74, 6) is 1.22. The first kappa shape index (κ1) is 28.4. The molecule has 0 fully saturated rings. The van der Waals surface area contributed by atoms with Crippen LogP contribution >= 0.6 is 17.0 Å². The SMILES string of the molecule is CC(C)C1=Cc2c(ccc(C(C)C)c2-c2ccccc2C(C)C)[CH]1[Zr]([Cl])([Cl])[c]1cccc2c1[SiH2]c1ccccc1-2. The molecule has 1 unspecified atom stereocenters. The minimum absolute atomic E-state index is 0.100. The van der Waals surface area contributed by atoms with E-state index in [1.165, 1.54) is 63.7 Å². The maximum atomic E-state index is 7.90. The fourth-order valence-corrected chi connectivity index (χ4v) is 24.1. The van der Waals surface area contributed by atoms with Gasteiger partial charge in [-0.05, 0) is 0 Å². The van der Waals surface area contributed by atoms with E-state index in [0.29, 0.717) is 17.8 Å². The third-order valence-electron chi connectivity index (χ3n) is 8.98. The topological polar surface area (TPSA) is 0 Å². The van der Waals surface area contributed by atoms with Gasteiger partial charge in [0.05, 0.1) is 0 Å². The van der Waals surface area contributed by atoms with Gasteiger partial charge in [0, 0.05) is 0 Å². The van der Waals surface area contributed by atoms with Crippen molar-refractivity contribution in [3.05, 3.63) is 107 Å². The first-order valence-corrected chi connectivity index (χ1v) is 25.1. The molecule has 1 aliphatic heterocycles. The van der Waals surface area contributed by atoms with E-state index >= 15 is 0 Å². The number of benzene rings is 4. The Morgan fingerprint density at radius 2 is 1.30 bits per heavy atom. The fraction of sp³-hybridized carbons (Fsp3) is 0.278. The van der Waals surface area contributed by atoms with Crippen LogP contribution in [-0.4, -0.2) is 9.52 Å². The Labute approximate surface area is 254 Å². The van der Waals surface area contributed by atoms with Crippen molar-refractivity contribution in [2.45, 2.75) is 57.0 Å². The summed E-state index contributed by atoms with van der Waals surface area (Å²) in [6.07, 6.45) is 2.48. The molecule has 1 aliphatic carbocycles. The Hall–Kier alpha value is -1.70. The van der Waals surface area contributed by atoms with Crippen LogP contribution in [0.3, 0.4) is 0 Å². The number of rotatable bonds is 6. The number of hydrogen-bond donors (Lipinski definition) is 0. The molecule has 6 rings (SSSR count). The van der Waals surface area contributed by atoms with E-state index in [4.69, 9.17) is 17.0 Å². The zero-order valence-corrected chi connectivity index (χ0v) is 29.7. The van der Waals surface area contributed by atoms with Crippen LogP contribution in [0.2, 0.25) is 0 Å². The van der Waals surface area contributed by atoms with Crippen LogP contribution in [0.15, 0.2) is 84.4 Å². The molecule has 1 atom stereocenters. The van der Waals surface area contributed by atoms with Gasteiger partial charge in [-0.15, -0.1) is 0 Å². The average Bonchev–Trinajstić information content (AvgIpc) is 3.52. The second-order valence-corrected chi connectivity index (χ2v) is 28.3. The molecule has 0 bridgehead atoms. The molecule has 2 aliphatic rings. The Balaban J connectivity index is 1.58. The van der Waals surface area contributed by atoms with Gasteiger partial charge < -0.3 is 0 Å². The maximum absolute atomic E-state index is 7.90. The van der Waals surface area contributed by atoms with Gasteiger partial charge in [0.15, 0.2) is 0 Å². The van der Waals surface area contributed by atoms with Crippen LogP contribution in [0.4, 0.5) is 0 Å². The van der Waals surface area contributed by atoms with Gasteiger partial charge in [0.2, 0.25) is 0 Å². The summed E-state index contributed by atoms with van der Waals surface area (Å²) in [7, 11) is 15.2. The molecule has 0 saturated carbocycles. The third-order valence-corrected chi connectivity index (χ3v) is 23.2. The van der Waals surface area contributed by atoms with Crippen molar-refractivity contribution in [1.82, 2.24) is 0 Å². The Morgan fingerprint density at radius 3 is 2.00 bits per heavy atom. The van der Waals surface area contributed by atoms with E-state index < -0.39 is 27.4 Å². The first-order chi connectivity index (χ1) is 19.1. The minimum atomic E-state index is -4.01. The summed E-state index contributed by atoms with van der Waals surface area (Å²) in [5, 5.41) is 3.01. The molecule has 1 heterocycles. The van der Waals surface area contributed by atoms with E-state index in [1.807, 2.05) is 0 Å². The zero-order valence-electron chi connectivity index (χ0n) is 24.4. The first-order valence-electron chi connectivity index (χ1n) is 14.7. The molecule has 0 aromatic heterocycles. The normalized spacial score (nSPS) is 16.6. The van der Waals surface area contributed by atoms with E-state index in [-0.39, 0.29) is 3.63 Å². The van der Waals surface area contributed by atoms with Crippen LogP contribution in [0.1, 0.15) is 79.3 Å². The summed E-state index contributed by atoms with van der Waals surface area (Å²) in [6, 6.07) is 29.4. The van der Waals surface area contributed by atoms with Crippen molar-refractivity contribution >= 4 is 46.3 Å². The standard InChI is InChI=1S/C24H29.C12H9Si.2ClH.Zr/c1-15(2)19-13-18-11-12-21(17(5)6)24(23(18)14-19)22-10-8-7-9-20(22)16(3)4;1-3-7-11-9(5-1)10-6-2-4-8-12(10)13-11;;;/h7-17H,1-6H3;1-7H,13H2;2*1H;/q;;;;+2/p-2. The molecule has 40 heavy (non-hydrogen) atoms. The van der Waals surface area contributed by atoms with Crippen molar-refractivity contribution in [3.63, 3.8) is 0 Å². The molecule has 4 aromatic carbocycles. The molecular formula is C36H38Cl2SiZr. The Morgan fingerprint density at radius 1 is 0.650 bits per heavy atom.